The second-order valence-electron chi connectivity index (χ2n) is 12.0. The zero-order valence-corrected chi connectivity index (χ0v) is 26.8. The number of hydrogen-bond acceptors (Lipinski definition) is 9. The monoisotopic (exact) mass is 661 g/mol. The standard InChI is InChI=1S/C30H37BrFN5O4S/c1-5-40-27(38)23-22(17-36-12-8-30(18-36)9-13-37(14-10-30)28(39)41-29(2,3)4)34-25(26-33-11-15-42-26)35-24(23)20-7-6-19(32)16-21(20)31/h6-7,11,15-16,24H,5,8-10,12-14,17-18H2,1-4H3,(H,34,35). The summed E-state index contributed by atoms with van der Waals surface area (Å²) in [5.41, 5.74) is 1.36. The lowest BCUT2D eigenvalue weighted by Crippen LogP contribution is -2.46. The van der Waals surface area contributed by atoms with E-state index in [4.69, 9.17) is 14.5 Å². The first kappa shape index (κ1) is 30.6. The molecular formula is C30H37BrFN5O4S. The molecule has 1 amide bonds. The third kappa shape index (κ3) is 6.86. The van der Waals surface area contributed by atoms with Gasteiger partial charge in [-0.15, -0.1) is 11.3 Å². The summed E-state index contributed by atoms with van der Waals surface area (Å²) in [6, 6.07) is 3.70. The normalized spacial score (nSPS) is 20.9. The summed E-state index contributed by atoms with van der Waals surface area (Å²) < 4.78 is 25.7. The number of nitrogens with one attached hydrogen (secondary N) is 1. The maximum atomic E-state index is 14.0. The molecule has 0 aliphatic carbocycles. The molecular weight excluding hydrogens is 625 g/mol. The summed E-state index contributed by atoms with van der Waals surface area (Å²) in [7, 11) is 0. The number of amidine groups is 1. The van der Waals surface area contributed by atoms with Gasteiger partial charge < -0.3 is 19.7 Å². The second kappa shape index (κ2) is 12.4. The zero-order valence-electron chi connectivity index (χ0n) is 24.4. The van der Waals surface area contributed by atoms with Crippen molar-refractivity contribution in [2.45, 2.75) is 58.6 Å². The number of likely N-dealkylation sites (tertiary alicyclic amines) is 2. The number of rotatable bonds is 6. The van der Waals surface area contributed by atoms with Crippen molar-refractivity contribution in [1.29, 1.82) is 0 Å². The highest BCUT2D eigenvalue weighted by molar-refractivity contribution is 9.10. The quantitative estimate of drug-likeness (QED) is 0.398. The van der Waals surface area contributed by atoms with Crippen LogP contribution in [-0.2, 0) is 14.3 Å². The number of benzene rings is 1. The van der Waals surface area contributed by atoms with Crippen molar-refractivity contribution >= 4 is 45.2 Å². The van der Waals surface area contributed by atoms with E-state index in [-0.39, 0.29) is 23.9 Å². The Morgan fingerprint density at radius 3 is 2.60 bits per heavy atom. The topological polar surface area (TPSA) is 96.4 Å². The van der Waals surface area contributed by atoms with E-state index in [0.29, 0.717) is 51.8 Å². The minimum atomic E-state index is -0.706. The van der Waals surface area contributed by atoms with E-state index in [9.17, 15) is 14.0 Å². The van der Waals surface area contributed by atoms with Gasteiger partial charge in [0.2, 0.25) is 0 Å². The van der Waals surface area contributed by atoms with Gasteiger partial charge in [-0.2, -0.15) is 0 Å². The van der Waals surface area contributed by atoms with E-state index in [0.717, 1.165) is 32.4 Å². The van der Waals surface area contributed by atoms with Gasteiger partial charge in [-0.05, 0) is 76.6 Å². The number of nitrogens with zero attached hydrogens (tertiary/aromatic N) is 4. The lowest BCUT2D eigenvalue weighted by atomic mass is 9.78. The van der Waals surface area contributed by atoms with Crippen LogP contribution in [0.5, 0.6) is 0 Å². The molecule has 0 radical (unpaired) electrons. The molecule has 4 heterocycles. The minimum Gasteiger partial charge on any atom is -0.463 e. The summed E-state index contributed by atoms with van der Waals surface area (Å²) in [6.45, 7) is 11.2. The number of amides is 1. The van der Waals surface area contributed by atoms with Crippen LogP contribution in [0.25, 0.3) is 0 Å². The lowest BCUT2D eigenvalue weighted by Gasteiger charge is -2.39. The van der Waals surface area contributed by atoms with Crippen molar-refractivity contribution in [1.82, 2.24) is 20.1 Å². The van der Waals surface area contributed by atoms with Crippen LogP contribution in [-0.4, -0.2) is 77.6 Å². The third-order valence-corrected chi connectivity index (χ3v) is 9.35. The number of aliphatic imine (C=N–C) groups is 1. The van der Waals surface area contributed by atoms with Crippen LogP contribution in [0.3, 0.4) is 0 Å². The number of piperidine rings is 1. The first-order chi connectivity index (χ1) is 20.0. The molecule has 3 aliphatic rings. The third-order valence-electron chi connectivity index (χ3n) is 7.89. The Morgan fingerprint density at radius 2 is 1.95 bits per heavy atom. The van der Waals surface area contributed by atoms with Crippen LogP contribution in [0.4, 0.5) is 9.18 Å². The van der Waals surface area contributed by atoms with Crippen LogP contribution in [0.15, 0.2) is 50.5 Å². The molecule has 1 atom stereocenters. The number of carbonyl (C=O) groups excluding carboxylic acids is 2. The molecule has 2 fully saturated rings. The molecule has 226 valence electrons. The Hall–Kier alpha value is -2.83. The van der Waals surface area contributed by atoms with Gasteiger partial charge in [0, 0.05) is 47.9 Å². The highest BCUT2D eigenvalue weighted by atomic mass is 79.9. The van der Waals surface area contributed by atoms with Crippen LogP contribution in [0.1, 0.15) is 63.6 Å². The molecule has 2 aromatic rings. The van der Waals surface area contributed by atoms with Crippen LogP contribution >= 0.6 is 27.3 Å². The van der Waals surface area contributed by atoms with E-state index < -0.39 is 17.6 Å². The van der Waals surface area contributed by atoms with Crippen LogP contribution in [0.2, 0.25) is 0 Å². The van der Waals surface area contributed by atoms with Crippen molar-refractivity contribution in [3.05, 3.63) is 61.9 Å². The van der Waals surface area contributed by atoms with Gasteiger partial charge in [0.25, 0.3) is 0 Å². The maximum Gasteiger partial charge on any atom is 0.410 e. The number of hydrogen-bond donors (Lipinski definition) is 1. The minimum absolute atomic E-state index is 0.101. The fourth-order valence-electron chi connectivity index (χ4n) is 5.85. The Kier molecular flexibility index (Phi) is 9.05. The van der Waals surface area contributed by atoms with Gasteiger partial charge in [0.15, 0.2) is 10.8 Å². The summed E-state index contributed by atoms with van der Waals surface area (Å²) in [5, 5.41) is 5.99. The predicted octanol–water partition coefficient (Wildman–Crippen LogP) is 5.68. The SMILES string of the molecule is CCOC(=O)C1=C(CN2CCC3(CCN(C(=O)OC(C)(C)C)CC3)C2)NC(c2nccs2)=NC1c1ccc(F)cc1Br. The number of ether oxygens (including phenoxy) is 2. The Bertz CT molecular complexity index is 1380. The van der Waals surface area contributed by atoms with Gasteiger partial charge in [0.1, 0.15) is 17.5 Å². The molecule has 2 saturated heterocycles. The van der Waals surface area contributed by atoms with E-state index in [1.807, 2.05) is 31.1 Å². The van der Waals surface area contributed by atoms with E-state index in [1.54, 1.807) is 19.2 Å². The number of carbonyl (C=O) groups is 2. The van der Waals surface area contributed by atoms with E-state index in [1.165, 1.54) is 23.5 Å². The van der Waals surface area contributed by atoms with Crippen LogP contribution in [0, 0.1) is 11.2 Å². The molecule has 1 unspecified atom stereocenters. The highest BCUT2D eigenvalue weighted by Gasteiger charge is 2.43. The summed E-state index contributed by atoms with van der Waals surface area (Å²) in [4.78, 5) is 39.6. The molecule has 5 rings (SSSR count). The Morgan fingerprint density at radius 1 is 1.21 bits per heavy atom. The molecule has 0 bridgehead atoms. The largest absolute Gasteiger partial charge is 0.463 e. The lowest BCUT2D eigenvalue weighted by molar-refractivity contribution is -0.139. The first-order valence-electron chi connectivity index (χ1n) is 14.3. The number of halogens is 2. The number of aromatic nitrogens is 1. The van der Waals surface area contributed by atoms with E-state index in [2.05, 4.69) is 31.1 Å². The first-order valence-corrected chi connectivity index (χ1v) is 15.9. The maximum absolute atomic E-state index is 14.0. The van der Waals surface area contributed by atoms with E-state index >= 15 is 0 Å². The molecule has 1 aromatic heterocycles. The summed E-state index contributed by atoms with van der Waals surface area (Å²) in [5.74, 6) is -0.276. The van der Waals surface area contributed by atoms with Gasteiger partial charge in [-0.1, -0.05) is 22.0 Å². The molecule has 3 aliphatic heterocycles. The fourth-order valence-corrected chi connectivity index (χ4v) is 7.01. The molecule has 1 spiro atoms. The molecule has 0 saturated carbocycles. The van der Waals surface area contributed by atoms with Crippen molar-refractivity contribution in [2.24, 2.45) is 10.4 Å². The fraction of sp³-hybridized carbons (Fsp3) is 0.533. The number of thiazole rings is 1. The van der Waals surface area contributed by atoms with Gasteiger partial charge in [-0.3, -0.25) is 9.89 Å². The molecule has 9 nitrogen and oxygen atoms in total. The zero-order chi connectivity index (χ0) is 30.1. The predicted molar refractivity (Wildman–Crippen MR) is 163 cm³/mol. The van der Waals surface area contributed by atoms with Crippen molar-refractivity contribution < 1.29 is 23.5 Å². The highest BCUT2D eigenvalue weighted by Crippen LogP contribution is 2.42. The average molecular weight is 663 g/mol. The van der Waals surface area contributed by atoms with Crippen molar-refractivity contribution in [3.8, 4) is 0 Å². The Balaban J connectivity index is 1.40. The van der Waals surface area contributed by atoms with Crippen molar-refractivity contribution in [2.75, 3.05) is 39.3 Å². The molecule has 1 N–H and O–H groups in total. The Labute approximate surface area is 258 Å². The smallest absolute Gasteiger partial charge is 0.410 e. The summed E-state index contributed by atoms with van der Waals surface area (Å²) in [6.07, 6.45) is 4.27. The van der Waals surface area contributed by atoms with Gasteiger partial charge >= 0.3 is 12.1 Å². The molecule has 1 aromatic carbocycles. The number of esters is 1. The molecule has 42 heavy (non-hydrogen) atoms. The van der Waals surface area contributed by atoms with Gasteiger partial charge in [-0.25, -0.2) is 19.0 Å². The van der Waals surface area contributed by atoms with Crippen molar-refractivity contribution in [3.63, 3.8) is 0 Å². The average Bonchev–Trinajstić information content (AvgIpc) is 3.59. The second-order valence-corrected chi connectivity index (χ2v) is 13.8. The summed E-state index contributed by atoms with van der Waals surface area (Å²) >= 11 is 4.94. The van der Waals surface area contributed by atoms with Crippen LogP contribution < -0.4 is 5.32 Å². The molecule has 12 heteroatoms. The van der Waals surface area contributed by atoms with Gasteiger partial charge in [0.05, 0.1) is 12.2 Å².